The fraction of sp³-hybridized carbons (Fsp3) is 0.909. The van der Waals surface area contributed by atoms with Gasteiger partial charge < -0.3 is 16.2 Å². The summed E-state index contributed by atoms with van der Waals surface area (Å²) in [6.45, 7) is 0.995. The molecule has 0 spiro atoms. The third-order valence-corrected chi connectivity index (χ3v) is 3.43. The predicted octanol–water partition coefficient (Wildman–Crippen LogP) is 0.132. The number of aliphatic carboxylic acids is 1. The molecule has 1 fully saturated rings. The van der Waals surface area contributed by atoms with Gasteiger partial charge in [0.05, 0.1) is 0 Å². The average Bonchev–Trinajstić information content (AvgIpc) is 2.70. The van der Waals surface area contributed by atoms with Crippen molar-refractivity contribution < 1.29 is 9.90 Å². The van der Waals surface area contributed by atoms with Crippen LogP contribution in [0.2, 0.25) is 6.32 Å². The van der Waals surface area contributed by atoms with Gasteiger partial charge in [-0.15, -0.1) is 0 Å². The Morgan fingerprint density at radius 2 is 2.31 bits per heavy atom. The molecule has 5 heteroatoms. The molecule has 16 heavy (non-hydrogen) atoms. The minimum Gasteiger partial charge on any atom is -0.480 e. The molecular weight excluding hydrogens is 203 g/mol. The molecule has 0 aromatic heterocycles. The highest BCUT2D eigenvalue weighted by atomic mass is 16.4. The van der Waals surface area contributed by atoms with Crippen molar-refractivity contribution in [3.63, 3.8) is 0 Å². The lowest BCUT2D eigenvalue weighted by atomic mass is 9.85. The van der Waals surface area contributed by atoms with E-state index >= 15 is 0 Å². The molecule has 0 saturated carbocycles. The zero-order chi connectivity index (χ0) is 12.0. The Morgan fingerprint density at radius 3 is 2.81 bits per heavy atom. The lowest BCUT2D eigenvalue weighted by Gasteiger charge is -2.27. The number of carboxylic acids is 1. The third kappa shape index (κ3) is 3.79. The molecule has 1 rings (SSSR count). The maximum atomic E-state index is 11.3. The lowest BCUT2D eigenvalue weighted by molar-refractivity contribution is -0.144. The lowest BCUT2D eigenvalue weighted by Crippen LogP contribution is -2.51. The highest BCUT2D eigenvalue weighted by Crippen LogP contribution is 2.22. The van der Waals surface area contributed by atoms with Gasteiger partial charge in [-0.25, -0.2) is 0 Å². The fourth-order valence-corrected chi connectivity index (χ4v) is 2.36. The highest BCUT2D eigenvalue weighted by molar-refractivity contribution is 6.08. The van der Waals surface area contributed by atoms with Gasteiger partial charge in [0.2, 0.25) is 0 Å². The van der Waals surface area contributed by atoms with E-state index in [1.54, 1.807) is 0 Å². The van der Waals surface area contributed by atoms with E-state index in [1.165, 1.54) is 0 Å². The average molecular weight is 226 g/mol. The van der Waals surface area contributed by atoms with Gasteiger partial charge in [0.1, 0.15) is 13.4 Å². The van der Waals surface area contributed by atoms with Gasteiger partial charge in [-0.05, 0) is 32.2 Å². The Hall–Kier alpha value is -0.545. The number of unbranched alkanes of at least 4 members (excludes halogenated alkanes) is 1. The Bertz CT molecular complexity index is 232. The minimum absolute atomic E-state index is 0.294. The number of rotatable bonds is 7. The van der Waals surface area contributed by atoms with Crippen molar-refractivity contribution in [2.24, 2.45) is 5.73 Å². The Labute approximate surface area is 98.4 Å². The van der Waals surface area contributed by atoms with Crippen LogP contribution in [-0.2, 0) is 4.79 Å². The van der Waals surface area contributed by atoms with Crippen LogP contribution in [0.15, 0.2) is 0 Å². The van der Waals surface area contributed by atoms with E-state index in [1.807, 2.05) is 0 Å². The first-order valence-corrected chi connectivity index (χ1v) is 6.34. The number of carboxylic acid groups (broad SMARTS) is 1. The third-order valence-electron chi connectivity index (χ3n) is 3.43. The van der Waals surface area contributed by atoms with E-state index < -0.39 is 11.5 Å². The molecule has 0 amide bonds. The fourth-order valence-electron chi connectivity index (χ4n) is 2.36. The molecule has 1 heterocycles. The molecule has 4 N–H and O–H groups in total. The standard InChI is InChI=1S/C11H23BN2O2/c12-6-2-1-5-11(13,10(15)16)8-9-4-3-7-14-9/h9,14H,1-8,12-13H2,(H,15,16)/t9-,11?/m1/s1. The summed E-state index contributed by atoms with van der Waals surface area (Å²) in [7, 11) is 2.11. The van der Waals surface area contributed by atoms with Crippen molar-refractivity contribution in [3.05, 3.63) is 0 Å². The molecule has 0 aromatic carbocycles. The van der Waals surface area contributed by atoms with E-state index in [2.05, 4.69) is 13.2 Å². The molecule has 2 atom stereocenters. The first-order chi connectivity index (χ1) is 7.58. The van der Waals surface area contributed by atoms with Crippen LogP contribution in [0.1, 0.15) is 38.5 Å². The highest BCUT2D eigenvalue weighted by Gasteiger charge is 2.36. The molecular formula is C11H23BN2O2. The predicted molar refractivity (Wildman–Crippen MR) is 67.4 cm³/mol. The molecule has 92 valence electrons. The summed E-state index contributed by atoms with van der Waals surface area (Å²) in [6.07, 6.45) is 6.41. The summed E-state index contributed by atoms with van der Waals surface area (Å²) >= 11 is 0. The van der Waals surface area contributed by atoms with Crippen molar-refractivity contribution in [1.82, 2.24) is 5.32 Å². The second-order valence-corrected chi connectivity index (χ2v) is 4.92. The van der Waals surface area contributed by atoms with Gasteiger partial charge >= 0.3 is 5.97 Å². The van der Waals surface area contributed by atoms with Crippen LogP contribution < -0.4 is 11.1 Å². The monoisotopic (exact) mass is 226 g/mol. The first-order valence-electron chi connectivity index (χ1n) is 6.34. The molecule has 1 aliphatic rings. The number of hydrogen-bond donors (Lipinski definition) is 3. The minimum atomic E-state index is -1.03. The van der Waals surface area contributed by atoms with Crippen LogP contribution >= 0.6 is 0 Å². The van der Waals surface area contributed by atoms with E-state index in [4.69, 9.17) is 5.73 Å². The summed E-state index contributed by atoms with van der Waals surface area (Å²) in [4.78, 5) is 11.3. The summed E-state index contributed by atoms with van der Waals surface area (Å²) in [5.74, 6) is -0.850. The van der Waals surface area contributed by atoms with Gasteiger partial charge in [0.25, 0.3) is 0 Å². The number of hydrogen-bond acceptors (Lipinski definition) is 3. The smallest absolute Gasteiger partial charge is 0.323 e. The van der Waals surface area contributed by atoms with Gasteiger partial charge in [-0.1, -0.05) is 19.2 Å². The molecule has 0 aromatic rings. The molecule has 0 bridgehead atoms. The van der Waals surface area contributed by atoms with Crippen molar-refractivity contribution in [2.45, 2.75) is 56.4 Å². The van der Waals surface area contributed by atoms with Gasteiger partial charge in [-0.3, -0.25) is 4.79 Å². The molecule has 1 unspecified atom stereocenters. The Balaban J connectivity index is 2.46. The molecule has 0 radical (unpaired) electrons. The van der Waals surface area contributed by atoms with E-state index in [9.17, 15) is 9.90 Å². The number of nitrogens with one attached hydrogen (secondary N) is 1. The molecule has 0 aliphatic carbocycles. The number of nitrogens with two attached hydrogens (primary N) is 1. The van der Waals surface area contributed by atoms with Gasteiger partial charge in [-0.2, -0.15) is 0 Å². The van der Waals surface area contributed by atoms with Crippen LogP contribution in [0.5, 0.6) is 0 Å². The van der Waals surface area contributed by atoms with Crippen molar-refractivity contribution in [3.8, 4) is 0 Å². The summed E-state index contributed by atoms with van der Waals surface area (Å²) in [6, 6.07) is 0.294. The quantitative estimate of drug-likeness (QED) is 0.426. The van der Waals surface area contributed by atoms with E-state index in [-0.39, 0.29) is 0 Å². The van der Waals surface area contributed by atoms with Crippen molar-refractivity contribution in [1.29, 1.82) is 0 Å². The molecule has 4 nitrogen and oxygen atoms in total. The SMILES string of the molecule is BCCCCC(N)(C[C@H]1CCCN1)C(=O)O. The number of carbonyl (C=O) groups is 1. The van der Waals surface area contributed by atoms with Gasteiger partial charge in [0.15, 0.2) is 0 Å². The van der Waals surface area contributed by atoms with Gasteiger partial charge in [0, 0.05) is 6.04 Å². The van der Waals surface area contributed by atoms with Crippen LogP contribution in [-0.4, -0.2) is 37.0 Å². The maximum absolute atomic E-state index is 11.3. The second kappa shape index (κ2) is 6.25. The van der Waals surface area contributed by atoms with Crippen molar-refractivity contribution >= 4 is 13.8 Å². The second-order valence-electron chi connectivity index (χ2n) is 4.92. The van der Waals surface area contributed by atoms with E-state index in [0.29, 0.717) is 18.9 Å². The Morgan fingerprint density at radius 1 is 1.56 bits per heavy atom. The Kier molecular flexibility index (Phi) is 5.28. The van der Waals surface area contributed by atoms with Crippen LogP contribution in [0.25, 0.3) is 0 Å². The van der Waals surface area contributed by atoms with Crippen molar-refractivity contribution in [2.75, 3.05) is 6.54 Å². The zero-order valence-corrected chi connectivity index (χ0v) is 10.2. The van der Waals surface area contributed by atoms with Crippen LogP contribution in [0, 0.1) is 0 Å². The normalized spacial score (nSPS) is 24.2. The molecule has 1 aliphatic heterocycles. The summed E-state index contributed by atoms with van der Waals surface area (Å²) in [5, 5.41) is 12.6. The van der Waals surface area contributed by atoms with Crippen LogP contribution in [0.4, 0.5) is 0 Å². The zero-order valence-electron chi connectivity index (χ0n) is 10.2. The molecule has 1 saturated heterocycles. The first kappa shape index (κ1) is 13.5. The van der Waals surface area contributed by atoms with E-state index in [0.717, 1.165) is 38.5 Å². The maximum Gasteiger partial charge on any atom is 0.323 e. The largest absolute Gasteiger partial charge is 0.480 e. The summed E-state index contributed by atoms with van der Waals surface area (Å²) in [5.41, 5.74) is 4.99. The topological polar surface area (TPSA) is 75.3 Å². The summed E-state index contributed by atoms with van der Waals surface area (Å²) < 4.78 is 0. The van der Waals surface area contributed by atoms with Crippen LogP contribution in [0.3, 0.4) is 0 Å².